The van der Waals surface area contributed by atoms with Gasteiger partial charge in [-0.2, -0.15) is 0 Å². The average Bonchev–Trinajstić information content (AvgIpc) is 3.20. The van der Waals surface area contributed by atoms with Gasteiger partial charge in [0.1, 0.15) is 22.9 Å². The fourth-order valence-corrected chi connectivity index (χ4v) is 5.73. The molecule has 1 fully saturated rings. The van der Waals surface area contributed by atoms with Crippen molar-refractivity contribution in [2.45, 2.75) is 96.3 Å². The topological polar surface area (TPSA) is 73.3 Å². The molecule has 6 nitrogen and oxygen atoms in total. The second kappa shape index (κ2) is 8.09. The highest BCUT2D eigenvalue weighted by Crippen LogP contribution is 2.47. The van der Waals surface area contributed by atoms with Crippen molar-refractivity contribution in [2.24, 2.45) is 0 Å². The van der Waals surface area contributed by atoms with E-state index in [9.17, 15) is 4.79 Å². The molecule has 7 heteroatoms. The van der Waals surface area contributed by atoms with E-state index in [1.807, 2.05) is 20.8 Å². The Morgan fingerprint density at radius 2 is 1.97 bits per heavy atom. The van der Waals surface area contributed by atoms with Crippen molar-refractivity contribution in [3.05, 3.63) is 16.8 Å². The number of carbonyl (C=O) groups is 1. The third-order valence-electron chi connectivity index (χ3n) is 5.86. The number of nitrogens with zero attached hydrogens (tertiary/aromatic N) is 2. The van der Waals surface area contributed by atoms with Gasteiger partial charge in [0.25, 0.3) is 0 Å². The van der Waals surface area contributed by atoms with Crippen molar-refractivity contribution in [2.75, 3.05) is 0 Å². The molecular weight excluding hydrogens is 386 g/mol. The van der Waals surface area contributed by atoms with Crippen LogP contribution in [0.3, 0.4) is 0 Å². The molecule has 2 aliphatic carbocycles. The zero-order valence-electron chi connectivity index (χ0n) is 17.8. The highest BCUT2D eigenvalue weighted by Gasteiger charge is 2.31. The zero-order valence-corrected chi connectivity index (χ0v) is 18.6. The van der Waals surface area contributed by atoms with Gasteiger partial charge in [-0.25, -0.2) is 14.8 Å². The number of rotatable bonds is 4. The summed E-state index contributed by atoms with van der Waals surface area (Å²) in [6.07, 6.45) is 8.51. The van der Waals surface area contributed by atoms with Gasteiger partial charge in [-0.1, -0.05) is 6.92 Å². The van der Waals surface area contributed by atoms with Gasteiger partial charge in [-0.05, 0) is 77.2 Å². The Labute approximate surface area is 176 Å². The van der Waals surface area contributed by atoms with Gasteiger partial charge >= 0.3 is 6.09 Å². The summed E-state index contributed by atoms with van der Waals surface area (Å²) in [5.74, 6) is 1.34. The van der Waals surface area contributed by atoms with E-state index in [4.69, 9.17) is 9.47 Å². The highest BCUT2D eigenvalue weighted by molar-refractivity contribution is 7.19. The molecule has 0 spiro atoms. The van der Waals surface area contributed by atoms with Crippen LogP contribution in [0.2, 0.25) is 0 Å². The van der Waals surface area contributed by atoms with Crippen molar-refractivity contribution in [1.29, 1.82) is 0 Å². The van der Waals surface area contributed by atoms with Gasteiger partial charge in [0.15, 0.2) is 0 Å². The van der Waals surface area contributed by atoms with Crippen molar-refractivity contribution >= 4 is 27.6 Å². The maximum atomic E-state index is 12.0. The molecule has 2 aromatic rings. The third-order valence-corrected chi connectivity index (χ3v) is 7.03. The summed E-state index contributed by atoms with van der Waals surface area (Å²) in [4.78, 5) is 23.5. The number of ether oxygens (including phenoxy) is 2. The first-order chi connectivity index (χ1) is 13.8. The highest BCUT2D eigenvalue weighted by atomic mass is 32.1. The number of hydrogen-bond acceptors (Lipinski definition) is 6. The maximum Gasteiger partial charge on any atom is 0.407 e. The minimum atomic E-state index is -0.472. The van der Waals surface area contributed by atoms with Crippen LogP contribution in [-0.4, -0.2) is 33.8 Å². The summed E-state index contributed by atoms with van der Waals surface area (Å²) < 4.78 is 11.8. The van der Waals surface area contributed by atoms with E-state index >= 15 is 0 Å². The van der Waals surface area contributed by atoms with E-state index in [0.717, 1.165) is 54.6 Å². The van der Waals surface area contributed by atoms with Crippen LogP contribution < -0.4 is 10.1 Å². The number of hydrogen-bond donors (Lipinski definition) is 1. The first kappa shape index (κ1) is 20.4. The fourth-order valence-electron chi connectivity index (χ4n) is 4.50. The van der Waals surface area contributed by atoms with Crippen molar-refractivity contribution < 1.29 is 14.3 Å². The predicted molar refractivity (Wildman–Crippen MR) is 115 cm³/mol. The molecule has 1 amide bonds. The number of nitrogens with one attached hydrogen (secondary N) is 1. The van der Waals surface area contributed by atoms with E-state index in [-0.39, 0.29) is 18.2 Å². The number of alkyl carbamates (subject to hydrolysis) is 1. The van der Waals surface area contributed by atoms with Gasteiger partial charge in [0.05, 0.1) is 5.39 Å². The minimum absolute atomic E-state index is 0.127. The van der Waals surface area contributed by atoms with Gasteiger partial charge < -0.3 is 14.8 Å². The molecule has 29 heavy (non-hydrogen) atoms. The molecule has 1 atom stereocenters. The monoisotopic (exact) mass is 417 g/mol. The van der Waals surface area contributed by atoms with Crippen LogP contribution in [0.25, 0.3) is 10.2 Å². The molecule has 0 aliphatic heterocycles. The molecule has 0 bridgehead atoms. The largest absolute Gasteiger partial charge is 0.474 e. The average molecular weight is 418 g/mol. The quantitative estimate of drug-likeness (QED) is 0.726. The Morgan fingerprint density at radius 3 is 2.66 bits per heavy atom. The molecule has 0 radical (unpaired) electrons. The fraction of sp³-hybridized carbons (Fsp3) is 0.682. The number of aryl methyl sites for hydroxylation is 1. The van der Waals surface area contributed by atoms with Gasteiger partial charge in [-0.3, -0.25) is 0 Å². The molecular formula is C22H31N3O3S. The van der Waals surface area contributed by atoms with Crippen LogP contribution in [0.15, 0.2) is 6.33 Å². The summed E-state index contributed by atoms with van der Waals surface area (Å²) in [5, 5.41) is 4.14. The van der Waals surface area contributed by atoms with E-state index in [0.29, 0.717) is 5.92 Å². The Balaban J connectivity index is 1.40. The lowest BCUT2D eigenvalue weighted by Crippen LogP contribution is -2.42. The summed E-state index contributed by atoms with van der Waals surface area (Å²) in [6, 6.07) is 0.144. The standard InChI is InChI=1S/C22H31N3O3S/c1-5-13-6-11-16-17(13)18-19(23-12-24-20(18)29-16)27-15-9-7-14(8-10-15)25-21(26)28-22(2,3)4/h12-15H,5-11H2,1-4H3,(H,25,26)/t13-,14-,15-/m0/s1. The molecule has 4 rings (SSSR count). The summed E-state index contributed by atoms with van der Waals surface area (Å²) in [6.45, 7) is 7.89. The first-order valence-electron chi connectivity index (χ1n) is 10.8. The third kappa shape index (κ3) is 4.49. The maximum absolute atomic E-state index is 12.0. The van der Waals surface area contributed by atoms with Gasteiger partial charge in [-0.15, -0.1) is 11.3 Å². The van der Waals surface area contributed by atoms with Crippen molar-refractivity contribution in [3.8, 4) is 5.88 Å². The molecule has 0 aromatic carbocycles. The molecule has 2 aliphatic rings. The lowest BCUT2D eigenvalue weighted by molar-refractivity contribution is 0.0470. The number of thiophene rings is 1. The normalized spacial score (nSPS) is 24.3. The SMILES string of the molecule is CC[C@H]1CCc2sc3ncnc(O[C@H]4CC[C@H](NC(=O)OC(C)(C)C)CC4)c3c21. The Kier molecular flexibility index (Phi) is 5.69. The van der Waals surface area contributed by atoms with Crippen LogP contribution in [0.5, 0.6) is 5.88 Å². The van der Waals surface area contributed by atoms with E-state index in [1.54, 1.807) is 17.7 Å². The van der Waals surface area contributed by atoms with Crippen LogP contribution in [0.4, 0.5) is 4.79 Å². The number of fused-ring (bicyclic) bond motifs is 3. The number of aromatic nitrogens is 2. The van der Waals surface area contributed by atoms with E-state index in [2.05, 4.69) is 22.2 Å². The second-order valence-electron chi connectivity index (χ2n) is 9.18. The Bertz CT molecular complexity index is 881. The second-order valence-corrected chi connectivity index (χ2v) is 10.3. The smallest absolute Gasteiger partial charge is 0.407 e. The number of carbonyl (C=O) groups excluding carboxylic acids is 1. The van der Waals surface area contributed by atoms with Crippen molar-refractivity contribution in [1.82, 2.24) is 15.3 Å². The molecule has 2 aromatic heterocycles. The van der Waals surface area contributed by atoms with Crippen LogP contribution in [-0.2, 0) is 11.2 Å². The van der Waals surface area contributed by atoms with Crippen molar-refractivity contribution in [3.63, 3.8) is 0 Å². The Hall–Kier alpha value is -1.89. The van der Waals surface area contributed by atoms with Gasteiger partial charge in [0.2, 0.25) is 5.88 Å². The zero-order chi connectivity index (χ0) is 20.6. The van der Waals surface area contributed by atoms with Gasteiger partial charge in [0, 0.05) is 10.9 Å². The number of amides is 1. The molecule has 158 valence electrons. The van der Waals surface area contributed by atoms with Crippen LogP contribution in [0, 0.1) is 0 Å². The van der Waals surface area contributed by atoms with E-state index < -0.39 is 5.60 Å². The molecule has 2 heterocycles. The first-order valence-corrected chi connectivity index (χ1v) is 11.6. The minimum Gasteiger partial charge on any atom is -0.474 e. The summed E-state index contributed by atoms with van der Waals surface area (Å²) in [5.41, 5.74) is 0.961. The Morgan fingerprint density at radius 1 is 1.21 bits per heavy atom. The molecule has 0 unspecified atom stereocenters. The van der Waals surface area contributed by atoms with Crippen LogP contribution >= 0.6 is 11.3 Å². The lowest BCUT2D eigenvalue weighted by atomic mass is 9.93. The predicted octanol–water partition coefficient (Wildman–Crippen LogP) is 5.35. The summed E-state index contributed by atoms with van der Waals surface area (Å²) >= 11 is 1.80. The molecule has 1 saturated carbocycles. The van der Waals surface area contributed by atoms with E-state index in [1.165, 1.54) is 16.9 Å². The van der Waals surface area contributed by atoms with Crippen LogP contribution in [0.1, 0.15) is 82.6 Å². The molecule has 1 N–H and O–H groups in total. The lowest BCUT2D eigenvalue weighted by Gasteiger charge is -2.30. The summed E-state index contributed by atoms with van der Waals surface area (Å²) in [7, 11) is 0. The molecule has 0 saturated heterocycles.